The van der Waals surface area contributed by atoms with Gasteiger partial charge in [0.15, 0.2) is 0 Å². The van der Waals surface area contributed by atoms with Gasteiger partial charge < -0.3 is 14.4 Å². The molecular formula is C22H26FNO3. The van der Waals surface area contributed by atoms with E-state index in [2.05, 4.69) is 12.1 Å². The molecule has 0 radical (unpaired) electrons. The fraction of sp³-hybridized carbons (Fsp3) is 0.409. The maximum atomic E-state index is 12.9. The number of ether oxygens (including phenoxy) is 2. The smallest absolute Gasteiger partial charge is 0.223 e. The molecule has 144 valence electrons. The Bertz CT molecular complexity index is 776. The first-order chi connectivity index (χ1) is 13.1. The molecule has 1 aliphatic carbocycles. The zero-order valence-corrected chi connectivity index (χ0v) is 15.9. The summed E-state index contributed by atoms with van der Waals surface area (Å²) < 4.78 is 23.8. The summed E-state index contributed by atoms with van der Waals surface area (Å²) in [5.74, 6) is 1.56. The van der Waals surface area contributed by atoms with Gasteiger partial charge in [0.25, 0.3) is 0 Å². The summed E-state index contributed by atoms with van der Waals surface area (Å²) in [6, 6.07) is 12.1. The molecule has 0 N–H and O–H groups in total. The first-order valence-electron chi connectivity index (χ1n) is 9.36. The summed E-state index contributed by atoms with van der Waals surface area (Å²) in [7, 11) is 3.47. The molecule has 2 aromatic carbocycles. The number of carbonyl (C=O) groups excluding carboxylic acids is 1. The van der Waals surface area contributed by atoms with Gasteiger partial charge in [0.2, 0.25) is 5.91 Å². The Morgan fingerprint density at radius 2 is 1.93 bits per heavy atom. The summed E-state index contributed by atoms with van der Waals surface area (Å²) in [5.41, 5.74) is 2.56. The number of aryl methyl sites for hydroxylation is 1. The van der Waals surface area contributed by atoms with E-state index in [1.54, 1.807) is 31.2 Å². The van der Waals surface area contributed by atoms with E-state index in [0.717, 1.165) is 25.0 Å². The van der Waals surface area contributed by atoms with E-state index in [0.29, 0.717) is 25.3 Å². The van der Waals surface area contributed by atoms with Crippen LogP contribution in [-0.2, 0) is 11.2 Å². The van der Waals surface area contributed by atoms with Gasteiger partial charge in [-0.15, -0.1) is 0 Å². The third-order valence-electron chi connectivity index (χ3n) is 5.14. The number of hydrogen-bond donors (Lipinski definition) is 0. The van der Waals surface area contributed by atoms with Crippen LogP contribution in [0.1, 0.15) is 36.3 Å². The van der Waals surface area contributed by atoms with Gasteiger partial charge in [-0.25, -0.2) is 4.39 Å². The first kappa shape index (κ1) is 19.2. The number of hydrogen-bond acceptors (Lipinski definition) is 3. The zero-order chi connectivity index (χ0) is 19.2. The minimum absolute atomic E-state index is 0.117. The second kappa shape index (κ2) is 8.89. The SMILES string of the molecule is COc1ccc2c(c1)CCCC2CC(=O)N(C)CCOc1ccc(F)cc1. The van der Waals surface area contributed by atoms with Crippen LogP contribution in [0.5, 0.6) is 11.5 Å². The van der Waals surface area contributed by atoms with Crippen LogP contribution in [0.25, 0.3) is 0 Å². The van der Waals surface area contributed by atoms with Crippen molar-refractivity contribution in [3.63, 3.8) is 0 Å². The largest absolute Gasteiger partial charge is 0.497 e. The molecule has 0 bridgehead atoms. The molecular weight excluding hydrogens is 345 g/mol. The maximum absolute atomic E-state index is 12.9. The zero-order valence-electron chi connectivity index (χ0n) is 15.9. The van der Waals surface area contributed by atoms with Crippen LogP contribution in [0.2, 0.25) is 0 Å². The number of amides is 1. The number of methoxy groups -OCH3 is 1. The number of halogens is 1. The standard InChI is InChI=1S/C22H26FNO3/c1-24(12-13-27-19-8-6-18(23)7-9-19)22(25)15-17-5-3-4-16-14-20(26-2)10-11-21(16)17/h6-11,14,17H,3-5,12-13,15H2,1-2H3. The molecule has 0 fully saturated rings. The van der Waals surface area contributed by atoms with Crippen LogP contribution in [0.4, 0.5) is 4.39 Å². The molecule has 1 aliphatic rings. The third kappa shape index (κ3) is 5.00. The second-order valence-corrected chi connectivity index (χ2v) is 6.98. The lowest BCUT2D eigenvalue weighted by Gasteiger charge is -2.27. The van der Waals surface area contributed by atoms with E-state index in [1.165, 1.54) is 23.3 Å². The lowest BCUT2D eigenvalue weighted by atomic mass is 9.81. The maximum Gasteiger partial charge on any atom is 0.223 e. The summed E-state index contributed by atoms with van der Waals surface area (Å²) in [5, 5.41) is 0. The third-order valence-corrected chi connectivity index (χ3v) is 5.14. The first-order valence-corrected chi connectivity index (χ1v) is 9.36. The minimum atomic E-state index is -0.292. The van der Waals surface area contributed by atoms with Crippen LogP contribution in [0.3, 0.4) is 0 Å². The fourth-order valence-electron chi connectivity index (χ4n) is 3.55. The predicted molar refractivity (Wildman–Crippen MR) is 103 cm³/mol. The quantitative estimate of drug-likeness (QED) is 0.733. The lowest BCUT2D eigenvalue weighted by Crippen LogP contribution is -2.32. The van der Waals surface area contributed by atoms with Gasteiger partial charge in [0.05, 0.1) is 13.7 Å². The van der Waals surface area contributed by atoms with Gasteiger partial charge in [0, 0.05) is 13.5 Å². The molecule has 0 aliphatic heterocycles. The average Bonchev–Trinajstić information content (AvgIpc) is 2.69. The van der Waals surface area contributed by atoms with Gasteiger partial charge in [-0.05, 0) is 72.7 Å². The van der Waals surface area contributed by atoms with Crippen molar-refractivity contribution >= 4 is 5.91 Å². The Balaban J connectivity index is 1.52. The van der Waals surface area contributed by atoms with E-state index >= 15 is 0 Å². The van der Waals surface area contributed by atoms with Crippen molar-refractivity contribution in [2.24, 2.45) is 0 Å². The molecule has 0 spiro atoms. The van der Waals surface area contributed by atoms with Crippen LogP contribution in [-0.4, -0.2) is 38.1 Å². The van der Waals surface area contributed by atoms with Crippen molar-refractivity contribution in [3.8, 4) is 11.5 Å². The molecule has 0 aromatic heterocycles. The van der Waals surface area contributed by atoms with Crippen molar-refractivity contribution in [1.29, 1.82) is 0 Å². The van der Waals surface area contributed by atoms with Crippen molar-refractivity contribution in [3.05, 3.63) is 59.4 Å². The normalized spacial score (nSPS) is 15.7. The molecule has 4 nitrogen and oxygen atoms in total. The van der Waals surface area contributed by atoms with Gasteiger partial charge in [-0.2, -0.15) is 0 Å². The predicted octanol–water partition coefficient (Wildman–Crippen LogP) is 4.18. The highest BCUT2D eigenvalue weighted by atomic mass is 19.1. The number of carbonyl (C=O) groups is 1. The molecule has 3 rings (SSSR count). The van der Waals surface area contributed by atoms with Crippen molar-refractivity contribution in [2.75, 3.05) is 27.3 Å². The lowest BCUT2D eigenvalue weighted by molar-refractivity contribution is -0.130. The van der Waals surface area contributed by atoms with E-state index in [4.69, 9.17) is 9.47 Å². The van der Waals surface area contributed by atoms with Crippen LogP contribution >= 0.6 is 0 Å². The molecule has 0 saturated carbocycles. The van der Waals surface area contributed by atoms with E-state index < -0.39 is 0 Å². The van der Waals surface area contributed by atoms with E-state index in [-0.39, 0.29) is 17.6 Å². The Morgan fingerprint density at radius 1 is 1.19 bits per heavy atom. The van der Waals surface area contributed by atoms with Crippen molar-refractivity contribution < 1.29 is 18.7 Å². The highest BCUT2D eigenvalue weighted by Crippen LogP contribution is 2.36. The number of likely N-dealkylation sites (N-methyl/N-ethyl adjacent to an activating group) is 1. The highest BCUT2D eigenvalue weighted by molar-refractivity contribution is 5.77. The molecule has 1 amide bonds. The van der Waals surface area contributed by atoms with Crippen LogP contribution in [0, 0.1) is 5.82 Å². The van der Waals surface area contributed by atoms with Gasteiger partial charge in [-0.3, -0.25) is 4.79 Å². The second-order valence-electron chi connectivity index (χ2n) is 6.98. The Morgan fingerprint density at radius 3 is 2.67 bits per heavy atom. The number of nitrogens with zero attached hydrogens (tertiary/aromatic N) is 1. The van der Waals surface area contributed by atoms with Crippen LogP contribution < -0.4 is 9.47 Å². The summed E-state index contributed by atoms with van der Waals surface area (Å²) in [6.07, 6.45) is 3.67. The minimum Gasteiger partial charge on any atom is -0.497 e. The summed E-state index contributed by atoms with van der Waals surface area (Å²) in [6.45, 7) is 0.880. The van der Waals surface area contributed by atoms with Gasteiger partial charge in [0.1, 0.15) is 23.9 Å². The monoisotopic (exact) mass is 371 g/mol. The molecule has 1 atom stereocenters. The fourth-order valence-corrected chi connectivity index (χ4v) is 3.55. The molecule has 0 saturated heterocycles. The molecule has 2 aromatic rings. The van der Waals surface area contributed by atoms with E-state index in [1.807, 2.05) is 6.07 Å². The highest BCUT2D eigenvalue weighted by Gasteiger charge is 2.24. The Hall–Kier alpha value is -2.56. The molecule has 27 heavy (non-hydrogen) atoms. The van der Waals surface area contributed by atoms with Gasteiger partial charge in [-0.1, -0.05) is 6.07 Å². The van der Waals surface area contributed by atoms with Crippen molar-refractivity contribution in [2.45, 2.75) is 31.6 Å². The topological polar surface area (TPSA) is 38.8 Å². The summed E-state index contributed by atoms with van der Waals surface area (Å²) in [4.78, 5) is 14.3. The molecule has 1 unspecified atom stereocenters. The Labute approximate surface area is 159 Å². The Kier molecular flexibility index (Phi) is 6.32. The average molecular weight is 371 g/mol. The van der Waals surface area contributed by atoms with Gasteiger partial charge >= 0.3 is 0 Å². The van der Waals surface area contributed by atoms with E-state index in [9.17, 15) is 9.18 Å². The van der Waals surface area contributed by atoms with Crippen molar-refractivity contribution in [1.82, 2.24) is 4.90 Å². The molecule has 5 heteroatoms. The number of rotatable bonds is 7. The number of benzene rings is 2. The number of fused-ring (bicyclic) bond motifs is 1. The molecule has 0 heterocycles. The summed E-state index contributed by atoms with van der Waals surface area (Å²) >= 11 is 0. The van der Waals surface area contributed by atoms with Crippen LogP contribution in [0.15, 0.2) is 42.5 Å².